The van der Waals surface area contributed by atoms with Gasteiger partial charge in [0.15, 0.2) is 0 Å². The third kappa shape index (κ3) is 4.44. The molecule has 1 aliphatic rings. The Bertz CT molecular complexity index is 297. The summed E-state index contributed by atoms with van der Waals surface area (Å²) in [6.45, 7) is 16.3. The van der Waals surface area contributed by atoms with Crippen molar-refractivity contribution in [2.24, 2.45) is 5.92 Å². The van der Waals surface area contributed by atoms with Crippen molar-refractivity contribution < 1.29 is 9.47 Å². The minimum atomic E-state index is -0.102. The van der Waals surface area contributed by atoms with Gasteiger partial charge in [0.25, 0.3) is 0 Å². The summed E-state index contributed by atoms with van der Waals surface area (Å²) >= 11 is 0. The molecule has 1 rings (SSSR count). The van der Waals surface area contributed by atoms with Gasteiger partial charge in [-0.1, -0.05) is 6.92 Å². The molecule has 114 valence electrons. The first-order valence-corrected chi connectivity index (χ1v) is 7.52. The Hall–Kier alpha value is -0.120. The number of hydrogen-bond acceptors (Lipinski definition) is 3. The first-order valence-electron chi connectivity index (χ1n) is 7.52. The van der Waals surface area contributed by atoms with E-state index < -0.39 is 0 Å². The minimum Gasteiger partial charge on any atom is -0.379 e. The Morgan fingerprint density at radius 3 is 2.26 bits per heavy atom. The van der Waals surface area contributed by atoms with Crippen LogP contribution in [0.15, 0.2) is 0 Å². The zero-order valence-corrected chi connectivity index (χ0v) is 14.1. The van der Waals surface area contributed by atoms with Crippen LogP contribution in [0.25, 0.3) is 0 Å². The Balaban J connectivity index is 2.87. The number of nitrogens with one attached hydrogen (secondary N) is 1. The van der Waals surface area contributed by atoms with E-state index in [1.54, 1.807) is 7.11 Å². The lowest BCUT2D eigenvalue weighted by molar-refractivity contribution is -0.0812. The Kier molecular flexibility index (Phi) is 5.09. The van der Waals surface area contributed by atoms with Crippen LogP contribution in [0.3, 0.4) is 0 Å². The van der Waals surface area contributed by atoms with Gasteiger partial charge in [0.05, 0.1) is 16.8 Å². The highest BCUT2D eigenvalue weighted by atomic mass is 16.5. The molecule has 1 fully saturated rings. The van der Waals surface area contributed by atoms with Gasteiger partial charge in [0.1, 0.15) is 0 Å². The third-order valence-electron chi connectivity index (χ3n) is 4.36. The van der Waals surface area contributed by atoms with Crippen LogP contribution in [-0.2, 0) is 9.47 Å². The van der Waals surface area contributed by atoms with Crippen LogP contribution in [0, 0.1) is 5.92 Å². The van der Waals surface area contributed by atoms with Crippen LogP contribution in [0.1, 0.15) is 61.3 Å². The van der Waals surface area contributed by atoms with Crippen LogP contribution in [0.4, 0.5) is 0 Å². The summed E-state index contributed by atoms with van der Waals surface area (Å²) in [5.41, 5.74) is -0.213. The van der Waals surface area contributed by atoms with Gasteiger partial charge in [-0.3, -0.25) is 0 Å². The first-order chi connectivity index (χ1) is 8.53. The molecular formula is C16H33NO2. The van der Waals surface area contributed by atoms with Gasteiger partial charge in [-0.05, 0) is 60.9 Å². The molecule has 1 N–H and O–H groups in total. The zero-order chi connectivity index (χ0) is 14.9. The average molecular weight is 271 g/mol. The van der Waals surface area contributed by atoms with Gasteiger partial charge in [-0.2, -0.15) is 0 Å². The van der Waals surface area contributed by atoms with E-state index >= 15 is 0 Å². The topological polar surface area (TPSA) is 30.5 Å². The van der Waals surface area contributed by atoms with Gasteiger partial charge >= 0.3 is 0 Å². The van der Waals surface area contributed by atoms with Crippen molar-refractivity contribution in [2.45, 2.75) is 84.2 Å². The maximum Gasteiger partial charge on any atom is 0.0677 e. The fourth-order valence-electron chi connectivity index (χ4n) is 3.46. The number of methoxy groups -OCH3 is 1. The molecular weight excluding hydrogens is 238 g/mol. The van der Waals surface area contributed by atoms with Crippen LogP contribution in [0.2, 0.25) is 0 Å². The molecule has 19 heavy (non-hydrogen) atoms. The highest BCUT2D eigenvalue weighted by Gasteiger charge is 2.49. The summed E-state index contributed by atoms with van der Waals surface area (Å²) in [5, 5.41) is 3.65. The fraction of sp³-hybridized carbons (Fsp3) is 1.00. The average Bonchev–Trinajstić information content (AvgIpc) is 2.46. The zero-order valence-electron chi connectivity index (χ0n) is 14.1. The molecule has 0 aliphatic carbocycles. The highest BCUT2D eigenvalue weighted by Crippen LogP contribution is 2.45. The highest BCUT2D eigenvalue weighted by molar-refractivity contribution is 5.00. The van der Waals surface area contributed by atoms with Gasteiger partial charge in [-0.25, -0.2) is 0 Å². The van der Waals surface area contributed by atoms with E-state index in [0.29, 0.717) is 12.0 Å². The summed E-state index contributed by atoms with van der Waals surface area (Å²) < 4.78 is 11.9. The van der Waals surface area contributed by atoms with E-state index in [4.69, 9.17) is 9.47 Å². The van der Waals surface area contributed by atoms with E-state index in [1.165, 1.54) is 0 Å². The lowest BCUT2D eigenvalue weighted by Crippen LogP contribution is -2.48. The summed E-state index contributed by atoms with van der Waals surface area (Å²) in [6, 6.07) is 0.428. The molecule has 0 aromatic carbocycles. The predicted octanol–water partition coefficient (Wildman–Crippen LogP) is 3.37. The maximum absolute atomic E-state index is 6.24. The van der Waals surface area contributed by atoms with Crippen molar-refractivity contribution >= 4 is 0 Å². The molecule has 0 bridgehead atoms. The predicted molar refractivity (Wildman–Crippen MR) is 80.5 cm³/mol. The molecule has 0 aromatic heterocycles. The molecule has 0 aromatic rings. The summed E-state index contributed by atoms with van der Waals surface area (Å²) in [6.07, 6.45) is 2.10. The van der Waals surface area contributed by atoms with E-state index in [0.717, 1.165) is 19.4 Å². The molecule has 0 amide bonds. The van der Waals surface area contributed by atoms with Crippen LogP contribution in [-0.4, -0.2) is 36.5 Å². The normalized spacial score (nSPS) is 27.5. The van der Waals surface area contributed by atoms with Gasteiger partial charge < -0.3 is 14.8 Å². The molecule has 3 heteroatoms. The summed E-state index contributed by atoms with van der Waals surface area (Å²) in [7, 11) is 1.79. The molecule has 2 unspecified atom stereocenters. The quantitative estimate of drug-likeness (QED) is 0.803. The largest absolute Gasteiger partial charge is 0.379 e. The standard InChI is InChI=1S/C16H33NO2/c1-9-17-13(11-14(2,3)18-8)12-10-15(4,5)19-16(12,6)7/h12-13,17H,9-11H2,1-8H3. The van der Waals surface area contributed by atoms with Crippen molar-refractivity contribution in [2.75, 3.05) is 13.7 Å². The Morgan fingerprint density at radius 2 is 1.89 bits per heavy atom. The molecule has 2 atom stereocenters. The maximum atomic E-state index is 6.24. The number of ether oxygens (including phenoxy) is 2. The molecule has 0 saturated carbocycles. The number of rotatable bonds is 6. The van der Waals surface area contributed by atoms with E-state index in [-0.39, 0.29) is 16.8 Å². The van der Waals surface area contributed by atoms with Gasteiger partial charge in [0.2, 0.25) is 0 Å². The lowest BCUT2D eigenvalue weighted by Gasteiger charge is -2.37. The first kappa shape index (κ1) is 16.9. The molecule has 0 spiro atoms. The van der Waals surface area contributed by atoms with Gasteiger partial charge in [0, 0.05) is 19.1 Å². The lowest BCUT2D eigenvalue weighted by atomic mass is 9.78. The Morgan fingerprint density at radius 1 is 1.32 bits per heavy atom. The fourth-order valence-corrected chi connectivity index (χ4v) is 3.46. The molecule has 1 aliphatic heterocycles. The second kappa shape index (κ2) is 5.71. The minimum absolute atomic E-state index is 0.0287. The van der Waals surface area contributed by atoms with Crippen LogP contribution < -0.4 is 5.32 Å². The second-order valence-corrected chi connectivity index (χ2v) is 7.61. The molecule has 1 saturated heterocycles. The number of hydrogen-bond donors (Lipinski definition) is 1. The van der Waals surface area contributed by atoms with E-state index in [2.05, 4.69) is 53.8 Å². The van der Waals surface area contributed by atoms with Crippen molar-refractivity contribution in [1.82, 2.24) is 5.32 Å². The molecule has 0 radical (unpaired) electrons. The Labute approximate surface area is 119 Å². The van der Waals surface area contributed by atoms with Crippen LogP contribution >= 0.6 is 0 Å². The smallest absolute Gasteiger partial charge is 0.0677 e. The van der Waals surface area contributed by atoms with Crippen molar-refractivity contribution in [1.29, 1.82) is 0 Å². The monoisotopic (exact) mass is 271 g/mol. The van der Waals surface area contributed by atoms with Gasteiger partial charge in [-0.15, -0.1) is 0 Å². The van der Waals surface area contributed by atoms with E-state index in [9.17, 15) is 0 Å². The van der Waals surface area contributed by atoms with Crippen molar-refractivity contribution in [3.63, 3.8) is 0 Å². The summed E-state index contributed by atoms with van der Waals surface area (Å²) in [5.74, 6) is 0.511. The van der Waals surface area contributed by atoms with Crippen molar-refractivity contribution in [3.8, 4) is 0 Å². The second-order valence-electron chi connectivity index (χ2n) is 7.61. The SMILES string of the molecule is CCNC(CC(C)(C)OC)C1CC(C)(C)OC1(C)C. The third-order valence-corrected chi connectivity index (χ3v) is 4.36. The molecule has 3 nitrogen and oxygen atoms in total. The van der Waals surface area contributed by atoms with Crippen molar-refractivity contribution in [3.05, 3.63) is 0 Å². The van der Waals surface area contributed by atoms with E-state index in [1.807, 2.05) is 0 Å². The van der Waals surface area contributed by atoms with Crippen LogP contribution in [0.5, 0.6) is 0 Å². The molecule has 1 heterocycles. The summed E-state index contributed by atoms with van der Waals surface area (Å²) in [4.78, 5) is 0.